The van der Waals surface area contributed by atoms with Crippen molar-refractivity contribution in [2.45, 2.75) is 25.2 Å². The van der Waals surface area contributed by atoms with Crippen LogP contribution in [0.5, 0.6) is 0 Å². The summed E-state index contributed by atoms with van der Waals surface area (Å²) in [5.74, 6) is -2.33. The normalized spacial score (nSPS) is 25.6. The first-order valence-corrected chi connectivity index (χ1v) is 6.88. The van der Waals surface area contributed by atoms with Gasteiger partial charge in [-0.2, -0.15) is 0 Å². The molecule has 2 heterocycles. The predicted molar refractivity (Wildman–Crippen MR) is 72.1 cm³/mol. The molecule has 2 atom stereocenters. The Hall–Kier alpha value is -1.44. The van der Waals surface area contributed by atoms with Crippen LogP contribution in [0.15, 0.2) is 12.7 Å². The number of nitrogens with zero attached hydrogens (tertiary/aromatic N) is 1. The smallest absolute Gasteiger partial charge is 0.331 e. The first kappa shape index (κ1) is 15.9. The molecule has 0 aromatic heterocycles. The molecule has 21 heavy (non-hydrogen) atoms. The maximum Gasteiger partial charge on any atom is 0.331 e. The molecule has 2 aliphatic heterocycles. The van der Waals surface area contributed by atoms with Crippen molar-refractivity contribution >= 4 is 11.9 Å². The average Bonchev–Trinajstić information content (AvgIpc) is 3.12. The van der Waals surface area contributed by atoms with Crippen LogP contribution < -0.4 is 0 Å². The summed E-state index contributed by atoms with van der Waals surface area (Å²) in [5.41, 5.74) is 0. The molecule has 0 bridgehead atoms. The number of amides is 1. The van der Waals surface area contributed by atoms with Gasteiger partial charge in [-0.1, -0.05) is 6.08 Å². The van der Waals surface area contributed by atoms with E-state index in [1.165, 1.54) is 12.0 Å². The Morgan fingerprint density at radius 2 is 2.14 bits per heavy atom. The first-order chi connectivity index (χ1) is 10.0. The Labute approximate surface area is 123 Å². The zero-order valence-corrected chi connectivity index (χ0v) is 12.4. The second-order valence-corrected chi connectivity index (χ2v) is 5.14. The van der Waals surface area contributed by atoms with E-state index in [4.69, 9.17) is 18.9 Å². The van der Waals surface area contributed by atoms with Crippen LogP contribution in [0.2, 0.25) is 0 Å². The lowest BCUT2D eigenvalue weighted by molar-refractivity contribution is -0.194. The van der Waals surface area contributed by atoms with E-state index in [-0.39, 0.29) is 19.2 Å². The third-order valence-electron chi connectivity index (χ3n) is 3.83. The van der Waals surface area contributed by atoms with Crippen molar-refractivity contribution in [1.82, 2.24) is 4.90 Å². The molecule has 2 fully saturated rings. The number of rotatable bonds is 5. The number of allylic oxidation sites excluding steroid dienone is 1. The van der Waals surface area contributed by atoms with Crippen molar-refractivity contribution in [3.63, 3.8) is 0 Å². The molecule has 0 spiro atoms. The van der Waals surface area contributed by atoms with Crippen molar-refractivity contribution in [2.24, 2.45) is 5.92 Å². The second kappa shape index (κ2) is 6.55. The molecule has 7 heteroatoms. The van der Waals surface area contributed by atoms with E-state index in [0.29, 0.717) is 19.6 Å². The van der Waals surface area contributed by atoms with Gasteiger partial charge in [0.15, 0.2) is 11.8 Å². The minimum absolute atomic E-state index is 0.0579. The van der Waals surface area contributed by atoms with E-state index in [2.05, 4.69) is 6.58 Å². The van der Waals surface area contributed by atoms with Gasteiger partial charge in [0.25, 0.3) is 0 Å². The summed E-state index contributed by atoms with van der Waals surface area (Å²) in [5, 5.41) is 0. The quantitative estimate of drug-likeness (QED) is 0.537. The SMILES string of the molecule is C=CCC(C(=O)N1COC[C@@H]1C(=O)OC)C1(C)OCCO1. The maximum absolute atomic E-state index is 12.8. The van der Waals surface area contributed by atoms with Gasteiger partial charge < -0.3 is 23.8 Å². The van der Waals surface area contributed by atoms with Crippen molar-refractivity contribution in [3.8, 4) is 0 Å². The Kier molecular flexibility index (Phi) is 4.97. The summed E-state index contributed by atoms with van der Waals surface area (Å²) in [6.45, 7) is 6.48. The molecule has 1 unspecified atom stereocenters. The van der Waals surface area contributed by atoms with Crippen molar-refractivity contribution in [1.29, 1.82) is 0 Å². The Morgan fingerprint density at radius 3 is 2.71 bits per heavy atom. The molecule has 2 saturated heterocycles. The van der Waals surface area contributed by atoms with Crippen LogP contribution >= 0.6 is 0 Å². The van der Waals surface area contributed by atoms with Crippen LogP contribution in [-0.2, 0) is 28.5 Å². The average molecular weight is 299 g/mol. The van der Waals surface area contributed by atoms with Gasteiger partial charge in [0.2, 0.25) is 5.91 Å². The van der Waals surface area contributed by atoms with Crippen LogP contribution in [0, 0.1) is 5.92 Å². The molecule has 0 saturated carbocycles. The molecule has 0 N–H and O–H groups in total. The molecule has 7 nitrogen and oxygen atoms in total. The lowest BCUT2D eigenvalue weighted by Gasteiger charge is -2.34. The van der Waals surface area contributed by atoms with Crippen LogP contribution in [-0.4, -0.2) is 62.3 Å². The van der Waals surface area contributed by atoms with E-state index in [1.54, 1.807) is 13.0 Å². The number of carbonyl (C=O) groups is 2. The fourth-order valence-electron chi connectivity index (χ4n) is 2.63. The highest BCUT2D eigenvalue weighted by Crippen LogP contribution is 2.33. The molecule has 2 rings (SSSR count). The summed E-state index contributed by atoms with van der Waals surface area (Å²) in [6, 6.07) is -0.722. The summed E-state index contributed by atoms with van der Waals surface area (Å²) in [7, 11) is 1.29. The number of methoxy groups -OCH3 is 1. The third-order valence-corrected chi connectivity index (χ3v) is 3.83. The molecule has 2 aliphatic rings. The monoisotopic (exact) mass is 299 g/mol. The molecule has 0 aliphatic carbocycles. The van der Waals surface area contributed by atoms with Gasteiger partial charge in [-0.15, -0.1) is 6.58 Å². The Morgan fingerprint density at radius 1 is 1.48 bits per heavy atom. The number of esters is 1. The molecule has 0 radical (unpaired) electrons. The van der Waals surface area contributed by atoms with Gasteiger partial charge in [-0.25, -0.2) is 4.79 Å². The van der Waals surface area contributed by atoms with Gasteiger partial charge in [0.05, 0.1) is 32.8 Å². The number of hydrogen-bond donors (Lipinski definition) is 0. The summed E-state index contributed by atoms with van der Waals surface area (Å²) < 4.78 is 21.1. The van der Waals surface area contributed by atoms with Gasteiger partial charge in [0, 0.05) is 0 Å². The van der Waals surface area contributed by atoms with Crippen LogP contribution in [0.25, 0.3) is 0 Å². The predicted octanol–water partition coefficient (Wildman–Crippen LogP) is 0.300. The van der Waals surface area contributed by atoms with Crippen LogP contribution in [0.4, 0.5) is 0 Å². The van der Waals surface area contributed by atoms with E-state index in [0.717, 1.165) is 0 Å². The molecule has 0 aromatic rings. The highest BCUT2D eigenvalue weighted by atomic mass is 16.7. The fraction of sp³-hybridized carbons (Fsp3) is 0.714. The topological polar surface area (TPSA) is 74.3 Å². The number of ether oxygens (including phenoxy) is 4. The highest BCUT2D eigenvalue weighted by molar-refractivity contribution is 5.87. The van der Waals surface area contributed by atoms with E-state index < -0.39 is 23.7 Å². The van der Waals surface area contributed by atoms with Gasteiger partial charge >= 0.3 is 5.97 Å². The summed E-state index contributed by atoms with van der Waals surface area (Å²) >= 11 is 0. The zero-order valence-electron chi connectivity index (χ0n) is 12.4. The van der Waals surface area contributed by atoms with Crippen LogP contribution in [0.1, 0.15) is 13.3 Å². The molecule has 0 aromatic carbocycles. The molecular weight excluding hydrogens is 278 g/mol. The lowest BCUT2D eigenvalue weighted by atomic mass is 9.94. The van der Waals surface area contributed by atoms with Gasteiger partial charge in [0.1, 0.15) is 6.73 Å². The fourth-order valence-corrected chi connectivity index (χ4v) is 2.63. The zero-order chi connectivity index (χ0) is 15.5. The van der Waals surface area contributed by atoms with Crippen LogP contribution in [0.3, 0.4) is 0 Å². The van der Waals surface area contributed by atoms with E-state index in [9.17, 15) is 9.59 Å². The van der Waals surface area contributed by atoms with E-state index in [1.807, 2.05) is 0 Å². The van der Waals surface area contributed by atoms with Crippen molar-refractivity contribution < 1.29 is 28.5 Å². The Balaban J connectivity index is 2.17. The number of hydrogen-bond acceptors (Lipinski definition) is 6. The second-order valence-electron chi connectivity index (χ2n) is 5.14. The number of carbonyl (C=O) groups excluding carboxylic acids is 2. The largest absolute Gasteiger partial charge is 0.467 e. The van der Waals surface area contributed by atoms with Gasteiger partial charge in [-0.05, 0) is 13.3 Å². The van der Waals surface area contributed by atoms with Crippen molar-refractivity contribution in [2.75, 3.05) is 33.7 Å². The molecular formula is C14H21NO6. The molecule has 1 amide bonds. The minimum atomic E-state index is -1.01. The molecule has 118 valence electrons. The summed E-state index contributed by atoms with van der Waals surface area (Å²) in [4.78, 5) is 25.9. The van der Waals surface area contributed by atoms with E-state index >= 15 is 0 Å². The maximum atomic E-state index is 12.8. The lowest BCUT2D eigenvalue weighted by Crippen LogP contribution is -2.51. The standard InChI is InChI=1S/C14H21NO6/c1-4-5-10(14(2)20-6-7-21-14)12(16)15-9-19-8-11(15)13(17)18-3/h4,10-11H,1,5-9H2,2-3H3/t10?,11-/m1/s1. The summed E-state index contributed by atoms with van der Waals surface area (Å²) in [6.07, 6.45) is 2.03. The third kappa shape index (κ3) is 3.09. The first-order valence-electron chi connectivity index (χ1n) is 6.88. The minimum Gasteiger partial charge on any atom is -0.467 e. The van der Waals surface area contributed by atoms with Crippen molar-refractivity contribution in [3.05, 3.63) is 12.7 Å². The van der Waals surface area contributed by atoms with Gasteiger partial charge in [-0.3, -0.25) is 4.79 Å². The highest BCUT2D eigenvalue weighted by Gasteiger charge is 2.48. The Bertz CT molecular complexity index is 418.